The molecule has 1 aliphatic rings. The van der Waals surface area contributed by atoms with Gasteiger partial charge in [-0.15, -0.1) is 0 Å². The van der Waals surface area contributed by atoms with Gasteiger partial charge in [-0.05, 0) is 21.0 Å². The Morgan fingerprint density at radius 3 is 2.58 bits per heavy atom. The van der Waals surface area contributed by atoms with Crippen molar-refractivity contribution in [3.8, 4) is 0 Å². The molecule has 1 N–H and O–H groups in total. The van der Waals surface area contributed by atoms with Crippen molar-refractivity contribution in [3.05, 3.63) is 17.5 Å². The lowest BCUT2D eigenvalue weighted by Crippen LogP contribution is -2.50. The van der Waals surface area contributed by atoms with Gasteiger partial charge in [-0.3, -0.25) is 14.8 Å². The number of nitrogens with zero attached hydrogens (tertiary/aromatic N) is 4. The summed E-state index contributed by atoms with van der Waals surface area (Å²) in [6, 6.07) is 0. The van der Waals surface area contributed by atoms with E-state index in [0.717, 1.165) is 45.0 Å². The van der Waals surface area contributed by atoms with Gasteiger partial charge in [0.2, 0.25) is 0 Å². The number of nitrogens with one attached hydrogen (secondary N) is 1. The normalized spacial score (nSPS) is 17.2. The number of piperazine rings is 1. The summed E-state index contributed by atoms with van der Waals surface area (Å²) in [5, 5.41) is 6.73. The van der Waals surface area contributed by atoms with Gasteiger partial charge in [-0.2, -0.15) is 5.10 Å². The highest BCUT2D eigenvalue weighted by atomic mass is 16.2. The van der Waals surface area contributed by atoms with Crippen molar-refractivity contribution in [1.82, 2.24) is 24.9 Å². The number of amides is 1. The third-order valence-electron chi connectivity index (χ3n) is 3.58. The molecule has 0 saturated carbocycles. The van der Waals surface area contributed by atoms with Crippen molar-refractivity contribution in [1.29, 1.82) is 0 Å². The highest BCUT2D eigenvalue weighted by Crippen LogP contribution is 2.10. The number of aryl methyl sites for hydroxylation is 1. The van der Waals surface area contributed by atoms with Crippen LogP contribution in [-0.4, -0.2) is 84.2 Å². The van der Waals surface area contributed by atoms with E-state index < -0.39 is 0 Å². The monoisotopic (exact) mass is 265 g/mol. The zero-order chi connectivity index (χ0) is 13.8. The van der Waals surface area contributed by atoms with E-state index in [1.807, 2.05) is 11.8 Å². The van der Waals surface area contributed by atoms with Gasteiger partial charge in [0.1, 0.15) is 0 Å². The van der Waals surface area contributed by atoms with Gasteiger partial charge in [-0.25, -0.2) is 0 Å². The van der Waals surface area contributed by atoms with Crippen LogP contribution in [0.15, 0.2) is 6.20 Å². The largest absolute Gasteiger partial charge is 0.336 e. The first-order chi connectivity index (χ1) is 9.08. The molecular weight excluding hydrogens is 242 g/mol. The molecule has 0 spiro atoms. The van der Waals surface area contributed by atoms with E-state index in [1.165, 1.54) is 0 Å². The average Bonchev–Trinajstić information content (AvgIpc) is 2.82. The van der Waals surface area contributed by atoms with Crippen LogP contribution in [0.5, 0.6) is 0 Å². The Hall–Kier alpha value is -1.40. The van der Waals surface area contributed by atoms with Crippen LogP contribution in [-0.2, 0) is 0 Å². The van der Waals surface area contributed by atoms with E-state index >= 15 is 0 Å². The summed E-state index contributed by atoms with van der Waals surface area (Å²) in [6.07, 6.45) is 1.62. The second kappa shape index (κ2) is 6.16. The van der Waals surface area contributed by atoms with Crippen molar-refractivity contribution < 1.29 is 4.79 Å². The number of carbonyl (C=O) groups is 1. The van der Waals surface area contributed by atoms with E-state index in [-0.39, 0.29) is 5.91 Å². The Balaban J connectivity index is 1.83. The highest BCUT2D eigenvalue weighted by molar-refractivity contribution is 5.95. The molecule has 6 nitrogen and oxygen atoms in total. The maximum absolute atomic E-state index is 12.3. The van der Waals surface area contributed by atoms with Crippen LogP contribution in [0.4, 0.5) is 0 Å². The zero-order valence-corrected chi connectivity index (χ0v) is 12.0. The molecule has 2 heterocycles. The highest BCUT2D eigenvalue weighted by Gasteiger charge is 2.23. The number of H-pyrrole nitrogens is 1. The second-order valence-corrected chi connectivity index (χ2v) is 5.35. The first-order valence-electron chi connectivity index (χ1n) is 6.74. The van der Waals surface area contributed by atoms with Crippen molar-refractivity contribution in [2.45, 2.75) is 6.92 Å². The number of aromatic amines is 1. The van der Waals surface area contributed by atoms with Gasteiger partial charge < -0.3 is 9.80 Å². The fourth-order valence-corrected chi connectivity index (χ4v) is 2.25. The van der Waals surface area contributed by atoms with Crippen molar-refractivity contribution in [3.63, 3.8) is 0 Å². The topological polar surface area (TPSA) is 55.5 Å². The van der Waals surface area contributed by atoms with E-state index in [0.29, 0.717) is 5.56 Å². The summed E-state index contributed by atoms with van der Waals surface area (Å²) in [6.45, 7) is 7.53. The first kappa shape index (κ1) is 14.0. The minimum atomic E-state index is 0.0958. The number of carbonyl (C=O) groups excluding carboxylic acids is 1. The number of likely N-dealkylation sites (N-methyl/N-ethyl adjacent to an activating group) is 1. The molecular formula is C13H23N5O. The Morgan fingerprint density at radius 1 is 1.37 bits per heavy atom. The van der Waals surface area contributed by atoms with Crippen LogP contribution in [0.1, 0.15) is 16.1 Å². The maximum atomic E-state index is 12.3. The molecule has 1 aromatic rings. The first-order valence-corrected chi connectivity index (χ1v) is 6.74. The molecule has 0 bridgehead atoms. The fraction of sp³-hybridized carbons (Fsp3) is 0.692. The third-order valence-corrected chi connectivity index (χ3v) is 3.58. The molecule has 1 fully saturated rings. The van der Waals surface area contributed by atoms with Gasteiger partial charge >= 0.3 is 0 Å². The molecule has 0 radical (unpaired) electrons. The zero-order valence-electron chi connectivity index (χ0n) is 12.0. The average molecular weight is 265 g/mol. The van der Waals surface area contributed by atoms with Crippen LogP contribution in [0.25, 0.3) is 0 Å². The second-order valence-electron chi connectivity index (χ2n) is 5.35. The Bertz CT molecular complexity index is 420. The smallest absolute Gasteiger partial charge is 0.257 e. The predicted molar refractivity (Wildman–Crippen MR) is 74.2 cm³/mol. The minimum Gasteiger partial charge on any atom is -0.336 e. The maximum Gasteiger partial charge on any atom is 0.257 e. The molecule has 1 aliphatic heterocycles. The van der Waals surface area contributed by atoms with E-state index in [1.54, 1.807) is 6.20 Å². The fourth-order valence-electron chi connectivity index (χ4n) is 2.25. The molecule has 0 atom stereocenters. The summed E-state index contributed by atoms with van der Waals surface area (Å²) in [7, 11) is 4.17. The number of aromatic nitrogens is 2. The Morgan fingerprint density at radius 2 is 2.05 bits per heavy atom. The van der Waals surface area contributed by atoms with Crippen molar-refractivity contribution in [2.75, 3.05) is 53.4 Å². The van der Waals surface area contributed by atoms with Crippen LogP contribution in [0.3, 0.4) is 0 Å². The lowest BCUT2D eigenvalue weighted by atomic mass is 10.2. The molecule has 6 heteroatoms. The van der Waals surface area contributed by atoms with E-state index in [9.17, 15) is 4.79 Å². The minimum absolute atomic E-state index is 0.0958. The van der Waals surface area contributed by atoms with Crippen LogP contribution in [0, 0.1) is 6.92 Å². The molecule has 1 amide bonds. The lowest BCUT2D eigenvalue weighted by molar-refractivity contribution is 0.0629. The standard InChI is InChI=1S/C13H23N5O/c1-11-12(10-14-15-11)13(19)18-8-6-17(7-9-18)5-4-16(2)3/h10H,4-9H2,1-3H3,(H,14,15). The number of rotatable bonds is 4. The van der Waals surface area contributed by atoms with Crippen LogP contribution in [0.2, 0.25) is 0 Å². The Labute approximate surface area is 114 Å². The molecule has 0 unspecified atom stereocenters. The predicted octanol–water partition coefficient (Wildman–Crippen LogP) is 0.0375. The Kier molecular flexibility index (Phi) is 4.55. The van der Waals surface area contributed by atoms with Crippen LogP contribution >= 0.6 is 0 Å². The van der Waals surface area contributed by atoms with Gasteiger partial charge in [0, 0.05) is 45.0 Å². The summed E-state index contributed by atoms with van der Waals surface area (Å²) in [5.74, 6) is 0.0958. The van der Waals surface area contributed by atoms with Crippen molar-refractivity contribution >= 4 is 5.91 Å². The molecule has 1 aromatic heterocycles. The lowest BCUT2D eigenvalue weighted by Gasteiger charge is -2.35. The van der Waals surface area contributed by atoms with Gasteiger partial charge in [0.15, 0.2) is 0 Å². The number of hydrogen-bond acceptors (Lipinski definition) is 4. The number of hydrogen-bond donors (Lipinski definition) is 1. The van der Waals surface area contributed by atoms with Gasteiger partial charge in [0.05, 0.1) is 11.8 Å². The third kappa shape index (κ3) is 3.54. The molecule has 106 valence electrons. The van der Waals surface area contributed by atoms with Gasteiger partial charge in [0.25, 0.3) is 5.91 Å². The SMILES string of the molecule is Cc1[nH]ncc1C(=O)N1CCN(CCN(C)C)CC1. The molecule has 0 aromatic carbocycles. The molecule has 1 saturated heterocycles. The molecule has 2 rings (SSSR count). The van der Waals surface area contributed by atoms with Crippen LogP contribution < -0.4 is 0 Å². The van der Waals surface area contributed by atoms with Gasteiger partial charge in [-0.1, -0.05) is 0 Å². The summed E-state index contributed by atoms with van der Waals surface area (Å²) < 4.78 is 0. The van der Waals surface area contributed by atoms with E-state index in [4.69, 9.17) is 0 Å². The van der Waals surface area contributed by atoms with E-state index in [2.05, 4.69) is 34.1 Å². The molecule has 19 heavy (non-hydrogen) atoms. The summed E-state index contributed by atoms with van der Waals surface area (Å²) in [5.41, 5.74) is 1.54. The summed E-state index contributed by atoms with van der Waals surface area (Å²) >= 11 is 0. The quantitative estimate of drug-likeness (QED) is 0.835. The van der Waals surface area contributed by atoms with Crippen molar-refractivity contribution in [2.24, 2.45) is 0 Å². The molecule has 0 aliphatic carbocycles. The summed E-state index contributed by atoms with van der Waals surface area (Å²) in [4.78, 5) is 18.8.